The van der Waals surface area contributed by atoms with E-state index in [2.05, 4.69) is 26.3 Å². The van der Waals surface area contributed by atoms with Gasteiger partial charge in [0.1, 0.15) is 17.5 Å². The maximum Gasteiger partial charge on any atom is 0.255 e. The fourth-order valence-corrected chi connectivity index (χ4v) is 5.95. The SMILES string of the molecule is Cc1cnc2[nH]cc(CN3CCC(c4cc(F)cc5c4CN(C4CCC(=O)NC4=O)C5=O)CC3)c2c1. The first-order valence-corrected chi connectivity index (χ1v) is 12.5. The van der Waals surface area contributed by atoms with Crippen LogP contribution in [0.5, 0.6) is 0 Å². The van der Waals surface area contributed by atoms with Gasteiger partial charge >= 0.3 is 0 Å². The Bertz CT molecular complexity index is 1390. The second-order valence-corrected chi connectivity index (χ2v) is 10.2. The van der Waals surface area contributed by atoms with E-state index in [1.165, 1.54) is 16.5 Å². The van der Waals surface area contributed by atoms with Gasteiger partial charge in [0.15, 0.2) is 0 Å². The molecule has 2 aromatic heterocycles. The molecule has 0 radical (unpaired) electrons. The summed E-state index contributed by atoms with van der Waals surface area (Å²) in [5.41, 5.74) is 5.28. The lowest BCUT2D eigenvalue weighted by Crippen LogP contribution is -2.52. The van der Waals surface area contributed by atoms with Crippen LogP contribution in [-0.2, 0) is 22.7 Å². The second-order valence-electron chi connectivity index (χ2n) is 10.2. The third-order valence-electron chi connectivity index (χ3n) is 7.83. The maximum atomic E-state index is 14.6. The normalized spacial score (nSPS) is 21.3. The number of nitrogens with zero attached hydrogens (tertiary/aromatic N) is 3. The molecule has 5 heterocycles. The fourth-order valence-electron chi connectivity index (χ4n) is 5.95. The Labute approximate surface area is 207 Å². The average Bonchev–Trinajstić information content (AvgIpc) is 3.40. The Kier molecular flexibility index (Phi) is 5.59. The Hall–Kier alpha value is -3.59. The highest BCUT2D eigenvalue weighted by molar-refractivity contribution is 6.05. The van der Waals surface area contributed by atoms with E-state index in [1.54, 1.807) is 6.07 Å². The van der Waals surface area contributed by atoms with Gasteiger partial charge in [-0.05, 0) is 85.6 Å². The zero-order chi connectivity index (χ0) is 25.0. The number of amides is 3. The Morgan fingerprint density at radius 1 is 1.11 bits per heavy atom. The number of carbonyl (C=O) groups excluding carboxylic acids is 3. The van der Waals surface area contributed by atoms with Gasteiger partial charge in [-0.15, -0.1) is 0 Å². The molecule has 2 saturated heterocycles. The van der Waals surface area contributed by atoms with Gasteiger partial charge in [0.25, 0.3) is 5.91 Å². The highest BCUT2D eigenvalue weighted by atomic mass is 19.1. The predicted molar refractivity (Wildman–Crippen MR) is 131 cm³/mol. The van der Waals surface area contributed by atoms with Gasteiger partial charge in [-0.2, -0.15) is 0 Å². The smallest absolute Gasteiger partial charge is 0.255 e. The molecule has 3 aromatic rings. The van der Waals surface area contributed by atoms with Crippen molar-refractivity contribution in [3.8, 4) is 0 Å². The molecule has 3 aliphatic heterocycles. The largest absolute Gasteiger partial charge is 0.346 e. The number of imide groups is 1. The third kappa shape index (κ3) is 3.97. The summed E-state index contributed by atoms with van der Waals surface area (Å²) in [5, 5.41) is 3.47. The molecular weight excluding hydrogens is 461 g/mol. The maximum absolute atomic E-state index is 14.6. The number of carbonyl (C=O) groups is 3. The first-order chi connectivity index (χ1) is 17.4. The number of nitrogens with one attached hydrogen (secondary N) is 2. The number of aromatic amines is 1. The Balaban J connectivity index is 1.18. The molecule has 8 nitrogen and oxygen atoms in total. The molecule has 0 saturated carbocycles. The van der Waals surface area contributed by atoms with Crippen molar-refractivity contribution in [1.82, 2.24) is 25.1 Å². The molecule has 2 fully saturated rings. The summed E-state index contributed by atoms with van der Waals surface area (Å²) in [5.74, 6) is -1.39. The number of likely N-dealkylation sites (tertiary alicyclic amines) is 1. The average molecular weight is 490 g/mol. The van der Waals surface area contributed by atoms with Gasteiger partial charge in [-0.25, -0.2) is 9.37 Å². The minimum Gasteiger partial charge on any atom is -0.346 e. The summed E-state index contributed by atoms with van der Waals surface area (Å²) in [6.07, 6.45) is 6.10. The number of piperidine rings is 2. The molecule has 6 rings (SSSR count). The lowest BCUT2D eigenvalue weighted by atomic mass is 9.85. The molecule has 2 N–H and O–H groups in total. The van der Waals surface area contributed by atoms with E-state index in [0.29, 0.717) is 12.0 Å². The molecule has 1 unspecified atom stereocenters. The number of benzene rings is 1. The quantitative estimate of drug-likeness (QED) is 0.549. The van der Waals surface area contributed by atoms with E-state index >= 15 is 0 Å². The molecule has 0 aliphatic carbocycles. The number of fused-ring (bicyclic) bond motifs is 2. The van der Waals surface area contributed by atoms with Gasteiger partial charge in [-0.3, -0.25) is 24.6 Å². The summed E-state index contributed by atoms with van der Waals surface area (Å²) in [6, 6.07) is 4.31. The number of H-pyrrole nitrogens is 1. The van der Waals surface area contributed by atoms with Crippen molar-refractivity contribution in [2.45, 2.75) is 57.7 Å². The molecule has 0 spiro atoms. The van der Waals surface area contributed by atoms with Crippen molar-refractivity contribution in [2.24, 2.45) is 0 Å². The minimum absolute atomic E-state index is 0.145. The van der Waals surface area contributed by atoms with E-state index in [0.717, 1.165) is 60.2 Å². The molecule has 36 heavy (non-hydrogen) atoms. The van der Waals surface area contributed by atoms with E-state index in [1.807, 2.05) is 19.3 Å². The van der Waals surface area contributed by atoms with Crippen LogP contribution in [0.3, 0.4) is 0 Å². The summed E-state index contributed by atoms with van der Waals surface area (Å²) >= 11 is 0. The molecule has 0 bridgehead atoms. The van der Waals surface area contributed by atoms with Gasteiger partial charge < -0.3 is 9.88 Å². The highest BCUT2D eigenvalue weighted by Gasteiger charge is 2.41. The van der Waals surface area contributed by atoms with Crippen LogP contribution in [-0.4, -0.2) is 56.6 Å². The standard InChI is InChI=1S/C27H28FN5O3/c1-15-8-20-17(12-30-25(20)29-11-15)13-32-6-4-16(5-7-32)19-9-18(28)10-21-22(19)14-33(27(21)36)23-2-3-24(34)31-26(23)35/h8-12,16,23H,2-7,13-14H2,1H3,(H,29,30)(H,31,34,35). The van der Waals surface area contributed by atoms with Crippen LogP contribution in [0.1, 0.15) is 64.2 Å². The monoisotopic (exact) mass is 489 g/mol. The zero-order valence-corrected chi connectivity index (χ0v) is 20.1. The van der Waals surface area contributed by atoms with Crippen LogP contribution in [0.2, 0.25) is 0 Å². The number of halogens is 1. The number of aryl methyl sites for hydroxylation is 1. The van der Waals surface area contributed by atoms with Crippen LogP contribution in [0, 0.1) is 12.7 Å². The summed E-state index contributed by atoms with van der Waals surface area (Å²) in [6.45, 7) is 4.87. The van der Waals surface area contributed by atoms with Crippen LogP contribution < -0.4 is 5.32 Å². The fraction of sp³-hybridized carbons (Fsp3) is 0.407. The topological polar surface area (TPSA) is 98.4 Å². The minimum atomic E-state index is -0.699. The van der Waals surface area contributed by atoms with E-state index in [4.69, 9.17) is 0 Å². The molecule has 1 aromatic carbocycles. The van der Waals surface area contributed by atoms with Crippen molar-refractivity contribution in [1.29, 1.82) is 0 Å². The predicted octanol–water partition coefficient (Wildman–Crippen LogP) is 3.15. The van der Waals surface area contributed by atoms with Gasteiger partial charge in [0, 0.05) is 42.9 Å². The molecule has 1 atom stereocenters. The zero-order valence-electron chi connectivity index (χ0n) is 20.1. The van der Waals surface area contributed by atoms with Crippen molar-refractivity contribution in [3.05, 3.63) is 64.2 Å². The van der Waals surface area contributed by atoms with Gasteiger partial charge in [0.2, 0.25) is 11.8 Å². The highest BCUT2D eigenvalue weighted by Crippen LogP contribution is 2.38. The van der Waals surface area contributed by atoms with Crippen molar-refractivity contribution in [3.63, 3.8) is 0 Å². The molecule has 3 amide bonds. The number of pyridine rings is 1. The van der Waals surface area contributed by atoms with Crippen molar-refractivity contribution in [2.75, 3.05) is 13.1 Å². The number of hydrogen-bond acceptors (Lipinski definition) is 5. The number of aromatic nitrogens is 2. The Morgan fingerprint density at radius 2 is 1.92 bits per heavy atom. The molecular formula is C27H28FN5O3. The van der Waals surface area contributed by atoms with Crippen LogP contribution in [0.15, 0.2) is 30.6 Å². The summed E-state index contributed by atoms with van der Waals surface area (Å²) in [4.78, 5) is 48.7. The van der Waals surface area contributed by atoms with E-state index in [9.17, 15) is 18.8 Å². The summed E-state index contributed by atoms with van der Waals surface area (Å²) in [7, 11) is 0. The van der Waals surface area contributed by atoms with E-state index < -0.39 is 17.8 Å². The van der Waals surface area contributed by atoms with Crippen LogP contribution in [0.25, 0.3) is 11.0 Å². The van der Waals surface area contributed by atoms with Gasteiger partial charge in [0.05, 0.1) is 0 Å². The lowest BCUT2D eigenvalue weighted by molar-refractivity contribution is -0.136. The summed E-state index contributed by atoms with van der Waals surface area (Å²) < 4.78 is 14.6. The second kappa shape index (κ2) is 8.81. The van der Waals surface area contributed by atoms with Crippen molar-refractivity contribution < 1.29 is 18.8 Å². The number of hydrogen-bond donors (Lipinski definition) is 2. The molecule has 9 heteroatoms. The Morgan fingerprint density at radius 3 is 2.69 bits per heavy atom. The van der Waals surface area contributed by atoms with Crippen LogP contribution >= 0.6 is 0 Å². The lowest BCUT2D eigenvalue weighted by Gasteiger charge is -2.33. The van der Waals surface area contributed by atoms with Crippen LogP contribution in [0.4, 0.5) is 4.39 Å². The van der Waals surface area contributed by atoms with Crippen molar-refractivity contribution >= 4 is 28.8 Å². The molecule has 3 aliphatic rings. The third-order valence-corrected chi connectivity index (χ3v) is 7.83. The van der Waals surface area contributed by atoms with Gasteiger partial charge in [-0.1, -0.05) is 0 Å². The first kappa shape index (κ1) is 22.8. The van der Waals surface area contributed by atoms with E-state index in [-0.39, 0.29) is 30.7 Å². The molecule has 186 valence electrons. The first-order valence-electron chi connectivity index (χ1n) is 12.5. The number of rotatable bonds is 4.